The maximum atomic E-state index is 12.0. The largest absolute Gasteiger partial charge is 0.321 e. The third-order valence-corrected chi connectivity index (χ3v) is 3.89. The maximum absolute atomic E-state index is 12.0. The standard InChI is InChI=1S/C17H14BrN3O/c1-12-5-7-15(14(18)10-12)20-17(22)8-6-13-11-19-16-4-2-3-9-21(13)16/h2-11H,1H3,(H,20,22)/b8-6+. The molecule has 0 fully saturated rings. The van der Waals surface area contributed by atoms with Crippen molar-refractivity contribution in [2.75, 3.05) is 5.32 Å². The number of imidazole rings is 1. The number of carbonyl (C=O) groups excluding carboxylic acids is 1. The molecule has 0 saturated heterocycles. The number of rotatable bonds is 3. The number of aromatic nitrogens is 2. The van der Waals surface area contributed by atoms with Crippen LogP contribution in [0.4, 0.5) is 5.69 Å². The fourth-order valence-corrected chi connectivity index (χ4v) is 2.72. The fourth-order valence-electron chi connectivity index (χ4n) is 2.13. The van der Waals surface area contributed by atoms with Crippen molar-refractivity contribution in [1.82, 2.24) is 9.38 Å². The molecule has 1 aromatic carbocycles. The Hall–Kier alpha value is -2.40. The average molecular weight is 356 g/mol. The highest BCUT2D eigenvalue weighted by Crippen LogP contribution is 2.23. The van der Waals surface area contributed by atoms with Crippen LogP contribution in [-0.4, -0.2) is 15.3 Å². The normalized spacial score (nSPS) is 11.2. The molecule has 0 saturated carbocycles. The summed E-state index contributed by atoms with van der Waals surface area (Å²) in [5.41, 5.74) is 3.59. The molecule has 110 valence electrons. The molecule has 2 aromatic heterocycles. The Bertz CT molecular complexity index is 867. The van der Waals surface area contributed by atoms with Crippen molar-refractivity contribution in [1.29, 1.82) is 0 Å². The van der Waals surface area contributed by atoms with E-state index in [4.69, 9.17) is 0 Å². The molecule has 3 aromatic rings. The molecule has 2 heterocycles. The lowest BCUT2D eigenvalue weighted by molar-refractivity contribution is -0.111. The molecule has 3 rings (SSSR count). The molecule has 0 bridgehead atoms. The maximum Gasteiger partial charge on any atom is 0.248 e. The number of aryl methyl sites for hydroxylation is 1. The fraction of sp³-hybridized carbons (Fsp3) is 0.0588. The van der Waals surface area contributed by atoms with E-state index < -0.39 is 0 Å². The van der Waals surface area contributed by atoms with Crippen molar-refractivity contribution >= 4 is 39.2 Å². The van der Waals surface area contributed by atoms with E-state index >= 15 is 0 Å². The minimum absolute atomic E-state index is 0.185. The molecule has 1 N–H and O–H groups in total. The second-order valence-corrected chi connectivity index (χ2v) is 5.77. The Morgan fingerprint density at radius 3 is 3.00 bits per heavy atom. The second kappa shape index (κ2) is 6.15. The number of nitrogens with zero attached hydrogens (tertiary/aromatic N) is 2. The molecule has 0 spiro atoms. The third-order valence-electron chi connectivity index (χ3n) is 3.23. The number of benzene rings is 1. The van der Waals surface area contributed by atoms with Crippen LogP contribution in [0.15, 0.2) is 59.3 Å². The lowest BCUT2D eigenvalue weighted by Gasteiger charge is -2.05. The smallest absolute Gasteiger partial charge is 0.248 e. The summed E-state index contributed by atoms with van der Waals surface area (Å²) in [6.07, 6.45) is 6.90. The summed E-state index contributed by atoms with van der Waals surface area (Å²) in [5.74, 6) is -0.185. The Morgan fingerprint density at radius 2 is 2.18 bits per heavy atom. The predicted molar refractivity (Wildman–Crippen MR) is 91.7 cm³/mol. The van der Waals surface area contributed by atoms with Crippen molar-refractivity contribution in [2.24, 2.45) is 0 Å². The van der Waals surface area contributed by atoms with E-state index in [1.165, 1.54) is 6.08 Å². The van der Waals surface area contributed by atoms with Crippen LogP contribution < -0.4 is 5.32 Å². The van der Waals surface area contributed by atoms with Gasteiger partial charge in [0.1, 0.15) is 5.65 Å². The van der Waals surface area contributed by atoms with E-state index in [0.717, 1.165) is 27.1 Å². The Kier molecular flexibility index (Phi) is 4.06. The number of pyridine rings is 1. The third kappa shape index (κ3) is 3.09. The summed E-state index contributed by atoms with van der Waals surface area (Å²) in [6.45, 7) is 2.00. The van der Waals surface area contributed by atoms with Gasteiger partial charge in [-0.3, -0.25) is 4.79 Å². The van der Waals surface area contributed by atoms with Gasteiger partial charge >= 0.3 is 0 Å². The number of hydrogen-bond donors (Lipinski definition) is 1. The zero-order valence-electron chi connectivity index (χ0n) is 12.0. The van der Waals surface area contributed by atoms with E-state index in [-0.39, 0.29) is 5.91 Å². The van der Waals surface area contributed by atoms with Crippen molar-refractivity contribution in [3.63, 3.8) is 0 Å². The minimum atomic E-state index is -0.185. The molecule has 0 atom stereocenters. The van der Waals surface area contributed by atoms with E-state index in [1.807, 2.05) is 53.9 Å². The lowest BCUT2D eigenvalue weighted by Crippen LogP contribution is -2.08. The van der Waals surface area contributed by atoms with Crippen LogP contribution in [0.5, 0.6) is 0 Å². The molecule has 0 aliphatic heterocycles. The molecule has 0 unspecified atom stereocenters. The van der Waals surface area contributed by atoms with Crippen LogP contribution >= 0.6 is 15.9 Å². The van der Waals surface area contributed by atoms with E-state index in [0.29, 0.717) is 0 Å². The van der Waals surface area contributed by atoms with Crippen LogP contribution in [0.3, 0.4) is 0 Å². The van der Waals surface area contributed by atoms with Gasteiger partial charge in [-0.1, -0.05) is 12.1 Å². The highest BCUT2D eigenvalue weighted by Gasteiger charge is 2.04. The first-order chi connectivity index (χ1) is 10.6. The first-order valence-electron chi connectivity index (χ1n) is 6.81. The molecule has 22 heavy (non-hydrogen) atoms. The van der Waals surface area contributed by atoms with Crippen LogP contribution in [0, 0.1) is 6.92 Å². The Balaban J connectivity index is 1.76. The van der Waals surface area contributed by atoms with Gasteiger partial charge < -0.3 is 9.72 Å². The van der Waals surface area contributed by atoms with E-state index in [9.17, 15) is 4.79 Å². The number of halogens is 1. The number of nitrogens with one attached hydrogen (secondary N) is 1. The molecule has 0 aliphatic rings. The molecule has 5 heteroatoms. The van der Waals surface area contributed by atoms with Crippen molar-refractivity contribution in [3.8, 4) is 0 Å². The number of hydrogen-bond acceptors (Lipinski definition) is 2. The summed E-state index contributed by atoms with van der Waals surface area (Å²) in [4.78, 5) is 16.3. The topological polar surface area (TPSA) is 46.4 Å². The monoisotopic (exact) mass is 355 g/mol. The summed E-state index contributed by atoms with van der Waals surface area (Å²) in [6, 6.07) is 11.6. The van der Waals surface area contributed by atoms with Crippen LogP contribution in [0.1, 0.15) is 11.3 Å². The highest BCUT2D eigenvalue weighted by molar-refractivity contribution is 9.10. The Morgan fingerprint density at radius 1 is 1.32 bits per heavy atom. The van der Waals surface area contributed by atoms with Gasteiger partial charge in [0.05, 0.1) is 17.6 Å². The molecular weight excluding hydrogens is 342 g/mol. The number of carbonyl (C=O) groups is 1. The molecule has 0 aliphatic carbocycles. The lowest BCUT2D eigenvalue weighted by atomic mass is 10.2. The van der Waals surface area contributed by atoms with Gasteiger partial charge in [-0.15, -0.1) is 0 Å². The summed E-state index contributed by atoms with van der Waals surface area (Å²) in [7, 11) is 0. The minimum Gasteiger partial charge on any atom is -0.321 e. The average Bonchev–Trinajstić information content (AvgIpc) is 2.91. The number of anilines is 1. The Labute approximate surface area is 136 Å². The van der Waals surface area contributed by atoms with Crippen LogP contribution in [-0.2, 0) is 4.79 Å². The quantitative estimate of drug-likeness (QED) is 0.720. The molecule has 4 nitrogen and oxygen atoms in total. The van der Waals surface area contributed by atoms with Crippen molar-refractivity contribution in [3.05, 3.63) is 70.6 Å². The van der Waals surface area contributed by atoms with Gasteiger partial charge in [0.15, 0.2) is 0 Å². The van der Waals surface area contributed by atoms with Crippen LogP contribution in [0.25, 0.3) is 11.7 Å². The van der Waals surface area contributed by atoms with Gasteiger partial charge in [-0.2, -0.15) is 0 Å². The van der Waals surface area contributed by atoms with Gasteiger partial charge in [0.2, 0.25) is 5.91 Å². The molecular formula is C17H14BrN3O. The summed E-state index contributed by atoms with van der Waals surface area (Å²) >= 11 is 3.45. The SMILES string of the molecule is Cc1ccc(NC(=O)/C=C/c2cnc3ccccn23)c(Br)c1. The van der Waals surface area contributed by atoms with Crippen molar-refractivity contribution in [2.45, 2.75) is 6.92 Å². The predicted octanol–water partition coefficient (Wildman–Crippen LogP) is 4.06. The molecule has 0 radical (unpaired) electrons. The highest BCUT2D eigenvalue weighted by atomic mass is 79.9. The van der Waals surface area contributed by atoms with Gasteiger partial charge in [-0.05, 0) is 58.8 Å². The first kappa shape index (κ1) is 14.5. The van der Waals surface area contributed by atoms with Gasteiger partial charge in [0, 0.05) is 16.7 Å². The van der Waals surface area contributed by atoms with Crippen LogP contribution in [0.2, 0.25) is 0 Å². The summed E-state index contributed by atoms with van der Waals surface area (Å²) in [5, 5.41) is 2.85. The summed E-state index contributed by atoms with van der Waals surface area (Å²) < 4.78 is 2.79. The van der Waals surface area contributed by atoms with E-state index in [2.05, 4.69) is 26.2 Å². The van der Waals surface area contributed by atoms with Crippen molar-refractivity contribution < 1.29 is 4.79 Å². The number of amides is 1. The van der Waals surface area contributed by atoms with Gasteiger partial charge in [0.25, 0.3) is 0 Å². The van der Waals surface area contributed by atoms with E-state index in [1.54, 1.807) is 12.3 Å². The van der Waals surface area contributed by atoms with Gasteiger partial charge in [-0.25, -0.2) is 4.98 Å². The number of fused-ring (bicyclic) bond motifs is 1. The zero-order chi connectivity index (χ0) is 15.5. The second-order valence-electron chi connectivity index (χ2n) is 4.92. The molecule has 1 amide bonds. The zero-order valence-corrected chi connectivity index (χ0v) is 13.5. The first-order valence-corrected chi connectivity index (χ1v) is 7.60.